The first-order valence-corrected chi connectivity index (χ1v) is 10.3. The van der Waals surface area contributed by atoms with Crippen molar-refractivity contribution in [1.29, 1.82) is 0 Å². The molecule has 0 aliphatic carbocycles. The van der Waals surface area contributed by atoms with Crippen LogP contribution in [0.1, 0.15) is 44.7 Å². The van der Waals surface area contributed by atoms with E-state index in [0.29, 0.717) is 17.9 Å². The molecule has 28 heavy (non-hydrogen) atoms. The number of rotatable bonds is 5. The fraction of sp³-hybridized carbons (Fsp3) is 0.571. The number of methoxy groups -OCH3 is 1. The van der Waals surface area contributed by atoms with Gasteiger partial charge in [0.2, 0.25) is 5.95 Å². The summed E-state index contributed by atoms with van der Waals surface area (Å²) in [7, 11) is 1.66. The van der Waals surface area contributed by atoms with E-state index in [1.54, 1.807) is 13.3 Å². The lowest BCUT2D eigenvalue weighted by Gasteiger charge is -2.26. The highest BCUT2D eigenvalue weighted by Crippen LogP contribution is 2.31. The van der Waals surface area contributed by atoms with Gasteiger partial charge in [-0.1, -0.05) is 6.92 Å². The van der Waals surface area contributed by atoms with Gasteiger partial charge in [0.1, 0.15) is 17.4 Å². The van der Waals surface area contributed by atoms with E-state index in [4.69, 9.17) is 14.7 Å². The largest absolute Gasteiger partial charge is 0.497 e. The Kier molecular flexibility index (Phi) is 5.62. The number of nitrogens with one attached hydrogen (secondary N) is 2. The molecule has 7 heteroatoms. The highest BCUT2D eigenvalue weighted by Gasteiger charge is 2.29. The van der Waals surface area contributed by atoms with E-state index in [1.165, 1.54) is 6.42 Å². The third kappa shape index (κ3) is 4.19. The van der Waals surface area contributed by atoms with E-state index < -0.39 is 0 Å². The quantitative estimate of drug-likeness (QED) is 0.821. The van der Waals surface area contributed by atoms with Gasteiger partial charge in [0.15, 0.2) is 0 Å². The molecule has 0 amide bonds. The summed E-state index contributed by atoms with van der Waals surface area (Å²) >= 11 is 0. The summed E-state index contributed by atoms with van der Waals surface area (Å²) < 4.78 is 5.31. The molecule has 2 aliphatic rings. The Balaban J connectivity index is 1.66. The van der Waals surface area contributed by atoms with Crippen LogP contribution in [0.15, 0.2) is 24.4 Å². The van der Waals surface area contributed by atoms with Gasteiger partial charge in [0.25, 0.3) is 0 Å². The first-order chi connectivity index (χ1) is 13.6. The van der Waals surface area contributed by atoms with Crippen LogP contribution in [-0.4, -0.2) is 47.7 Å². The van der Waals surface area contributed by atoms with E-state index in [1.807, 2.05) is 12.1 Å². The van der Waals surface area contributed by atoms with E-state index in [2.05, 4.69) is 40.4 Å². The van der Waals surface area contributed by atoms with Gasteiger partial charge in [0.05, 0.1) is 12.8 Å². The van der Waals surface area contributed by atoms with E-state index in [-0.39, 0.29) is 0 Å². The van der Waals surface area contributed by atoms with Crippen LogP contribution in [0.25, 0.3) is 0 Å². The Hall–Kier alpha value is -2.41. The summed E-state index contributed by atoms with van der Waals surface area (Å²) in [4.78, 5) is 16.6. The standard InChI is InChI=1S/C21H30N6O/c1-14-10-15(2)27(13-14)21-24-18(16-4-7-22-8-5-16)12-20(26-21)25-19-11-17(28-3)6-9-23-19/h6,9,11-12,14-16,22H,4-5,7-8,10,13H2,1-3H3,(H,23,24,25,26). The van der Waals surface area contributed by atoms with Gasteiger partial charge in [-0.2, -0.15) is 4.98 Å². The Morgan fingerprint density at radius 3 is 2.68 bits per heavy atom. The average molecular weight is 383 g/mol. The van der Waals surface area contributed by atoms with Crippen molar-refractivity contribution in [3.63, 3.8) is 0 Å². The van der Waals surface area contributed by atoms with Crippen LogP contribution in [0.3, 0.4) is 0 Å². The van der Waals surface area contributed by atoms with Gasteiger partial charge in [-0.25, -0.2) is 9.97 Å². The van der Waals surface area contributed by atoms with Crippen molar-refractivity contribution < 1.29 is 4.74 Å². The second-order valence-electron chi connectivity index (χ2n) is 8.05. The van der Waals surface area contributed by atoms with Crippen molar-refractivity contribution in [2.45, 2.75) is 45.1 Å². The molecular weight excluding hydrogens is 352 g/mol. The van der Waals surface area contributed by atoms with Crippen LogP contribution in [0.5, 0.6) is 5.75 Å². The molecule has 4 rings (SSSR count). The lowest BCUT2D eigenvalue weighted by molar-refractivity contribution is 0.414. The Morgan fingerprint density at radius 2 is 1.96 bits per heavy atom. The Morgan fingerprint density at radius 1 is 1.14 bits per heavy atom. The summed E-state index contributed by atoms with van der Waals surface area (Å²) in [6.07, 6.45) is 5.14. The van der Waals surface area contributed by atoms with Crippen LogP contribution in [0, 0.1) is 5.92 Å². The SMILES string of the molecule is COc1ccnc(Nc2cc(C3CCNCC3)nc(N3CC(C)CC3C)n2)c1. The summed E-state index contributed by atoms with van der Waals surface area (Å²) in [5.41, 5.74) is 1.13. The number of ether oxygens (including phenoxy) is 1. The van der Waals surface area contributed by atoms with Gasteiger partial charge in [0, 0.05) is 36.8 Å². The number of aromatic nitrogens is 3. The van der Waals surface area contributed by atoms with Crippen LogP contribution >= 0.6 is 0 Å². The third-order valence-corrected chi connectivity index (χ3v) is 5.76. The first-order valence-electron chi connectivity index (χ1n) is 10.3. The molecule has 0 aromatic carbocycles. The molecule has 2 aromatic rings. The zero-order chi connectivity index (χ0) is 19.5. The van der Waals surface area contributed by atoms with Crippen LogP contribution < -0.4 is 20.3 Å². The van der Waals surface area contributed by atoms with Gasteiger partial charge in [-0.15, -0.1) is 0 Å². The number of nitrogens with zero attached hydrogens (tertiary/aromatic N) is 4. The van der Waals surface area contributed by atoms with Crippen molar-refractivity contribution in [2.75, 3.05) is 37.0 Å². The van der Waals surface area contributed by atoms with Crippen molar-refractivity contribution >= 4 is 17.6 Å². The summed E-state index contributed by atoms with van der Waals surface area (Å²) in [6.45, 7) is 7.66. The Bertz CT molecular complexity index is 807. The molecule has 2 N–H and O–H groups in total. The summed E-state index contributed by atoms with van der Waals surface area (Å²) in [6, 6.07) is 6.27. The number of pyridine rings is 1. The summed E-state index contributed by atoms with van der Waals surface area (Å²) in [5, 5.41) is 6.80. The molecule has 2 aliphatic heterocycles. The molecular formula is C21H30N6O. The molecule has 2 atom stereocenters. The maximum atomic E-state index is 5.31. The maximum Gasteiger partial charge on any atom is 0.227 e. The van der Waals surface area contributed by atoms with Crippen molar-refractivity contribution in [3.8, 4) is 5.75 Å². The zero-order valence-electron chi connectivity index (χ0n) is 17.0. The number of anilines is 3. The highest BCUT2D eigenvalue weighted by atomic mass is 16.5. The number of hydrogen-bond donors (Lipinski definition) is 2. The fourth-order valence-electron chi connectivity index (χ4n) is 4.29. The smallest absolute Gasteiger partial charge is 0.227 e. The Labute approximate surface area is 166 Å². The van der Waals surface area contributed by atoms with Crippen molar-refractivity contribution in [1.82, 2.24) is 20.3 Å². The molecule has 4 heterocycles. The van der Waals surface area contributed by atoms with Gasteiger partial charge < -0.3 is 20.3 Å². The van der Waals surface area contributed by atoms with Crippen molar-refractivity contribution in [3.05, 3.63) is 30.1 Å². The second-order valence-corrected chi connectivity index (χ2v) is 8.05. The van der Waals surface area contributed by atoms with Crippen LogP contribution in [-0.2, 0) is 0 Å². The third-order valence-electron chi connectivity index (χ3n) is 5.76. The van der Waals surface area contributed by atoms with Gasteiger partial charge >= 0.3 is 0 Å². The molecule has 0 radical (unpaired) electrons. The monoisotopic (exact) mass is 382 g/mol. The molecule has 150 valence electrons. The number of hydrogen-bond acceptors (Lipinski definition) is 7. The number of piperidine rings is 1. The fourth-order valence-corrected chi connectivity index (χ4v) is 4.29. The average Bonchev–Trinajstić information content (AvgIpc) is 3.06. The molecule has 7 nitrogen and oxygen atoms in total. The first kappa shape index (κ1) is 18.9. The van der Waals surface area contributed by atoms with Crippen LogP contribution in [0.2, 0.25) is 0 Å². The predicted octanol–water partition coefficient (Wildman–Crippen LogP) is 3.33. The highest BCUT2D eigenvalue weighted by molar-refractivity contribution is 5.56. The minimum absolute atomic E-state index is 0.459. The molecule has 0 saturated carbocycles. The predicted molar refractivity (Wildman–Crippen MR) is 112 cm³/mol. The molecule has 2 saturated heterocycles. The molecule has 2 aromatic heterocycles. The lowest BCUT2D eigenvalue weighted by atomic mass is 9.94. The minimum atomic E-state index is 0.459. The van der Waals surface area contributed by atoms with E-state index >= 15 is 0 Å². The zero-order valence-corrected chi connectivity index (χ0v) is 17.0. The minimum Gasteiger partial charge on any atom is -0.497 e. The molecule has 0 spiro atoms. The normalized spacial score (nSPS) is 23.0. The molecule has 2 fully saturated rings. The van der Waals surface area contributed by atoms with Crippen LogP contribution in [0.4, 0.5) is 17.6 Å². The van der Waals surface area contributed by atoms with E-state index in [0.717, 1.165) is 61.5 Å². The topological polar surface area (TPSA) is 75.2 Å². The molecule has 0 bridgehead atoms. The maximum absolute atomic E-state index is 5.31. The lowest BCUT2D eigenvalue weighted by Crippen LogP contribution is -2.30. The van der Waals surface area contributed by atoms with Gasteiger partial charge in [-0.3, -0.25) is 0 Å². The summed E-state index contributed by atoms with van der Waals surface area (Å²) in [5.74, 6) is 4.26. The van der Waals surface area contributed by atoms with Crippen molar-refractivity contribution in [2.24, 2.45) is 5.92 Å². The van der Waals surface area contributed by atoms with E-state index in [9.17, 15) is 0 Å². The molecule has 2 unspecified atom stereocenters. The second kappa shape index (κ2) is 8.31. The van der Waals surface area contributed by atoms with Gasteiger partial charge in [-0.05, 0) is 51.3 Å².